The maximum Gasteiger partial charge on any atom is 0.411 e. The number of halogens is 1. The van der Waals surface area contributed by atoms with Crippen molar-refractivity contribution in [2.24, 2.45) is 0 Å². The molecule has 2 aromatic heterocycles. The van der Waals surface area contributed by atoms with Gasteiger partial charge in [0.1, 0.15) is 11.4 Å². The van der Waals surface area contributed by atoms with Gasteiger partial charge in [0.2, 0.25) is 0 Å². The van der Waals surface area contributed by atoms with E-state index in [4.69, 9.17) is 16.3 Å². The highest BCUT2D eigenvalue weighted by Crippen LogP contribution is 2.41. The smallest absolute Gasteiger partial charge is 0.411 e. The fraction of sp³-hybridized carbons (Fsp3) is 0.462. The quantitative estimate of drug-likeness (QED) is 0.450. The lowest BCUT2D eigenvalue weighted by Gasteiger charge is -2.28. The maximum absolute atomic E-state index is 13.0. The van der Waals surface area contributed by atoms with Gasteiger partial charge in [-0.15, -0.1) is 10.2 Å². The molecule has 1 aliphatic carbocycles. The summed E-state index contributed by atoms with van der Waals surface area (Å²) in [6, 6.07) is 12.0. The van der Waals surface area contributed by atoms with Crippen LogP contribution in [0.15, 0.2) is 42.6 Å². The number of fused-ring (bicyclic) bond motifs is 3. The van der Waals surface area contributed by atoms with Gasteiger partial charge in [0.25, 0.3) is 0 Å². The third-order valence-electron chi connectivity index (χ3n) is 6.58. The molecular weight excluding hydrogens is 450 g/mol. The first kappa shape index (κ1) is 22.8. The number of aromatic nitrogens is 4. The van der Waals surface area contributed by atoms with Crippen LogP contribution in [0.4, 0.5) is 4.79 Å². The number of carbonyl (C=O) groups excluding carboxylic acids is 1. The van der Waals surface area contributed by atoms with Crippen LogP contribution < -0.4 is 0 Å². The first-order chi connectivity index (χ1) is 16.3. The Bertz CT molecular complexity index is 1180. The number of carbonyl (C=O) groups is 1. The summed E-state index contributed by atoms with van der Waals surface area (Å²) in [5, 5.41) is 9.81. The van der Waals surface area contributed by atoms with Gasteiger partial charge in [-0.3, -0.25) is 14.5 Å². The van der Waals surface area contributed by atoms with Crippen molar-refractivity contribution in [3.63, 3.8) is 0 Å². The van der Waals surface area contributed by atoms with E-state index in [1.807, 2.05) is 51.2 Å². The summed E-state index contributed by atoms with van der Waals surface area (Å²) in [7, 11) is 0. The third kappa shape index (κ3) is 4.67. The van der Waals surface area contributed by atoms with Gasteiger partial charge in [-0.1, -0.05) is 17.7 Å². The van der Waals surface area contributed by atoms with Crippen LogP contribution in [0.3, 0.4) is 0 Å². The monoisotopic (exact) mass is 479 g/mol. The predicted molar refractivity (Wildman–Crippen MR) is 130 cm³/mol. The van der Waals surface area contributed by atoms with Crippen molar-refractivity contribution in [3.8, 4) is 5.69 Å². The number of hydrogen-bond acceptors (Lipinski definition) is 5. The Morgan fingerprint density at radius 2 is 1.79 bits per heavy atom. The van der Waals surface area contributed by atoms with E-state index in [1.165, 1.54) is 5.69 Å². The molecule has 34 heavy (non-hydrogen) atoms. The molecule has 1 aliphatic heterocycles. The molecule has 3 aromatic rings. The number of hydrogen-bond donors (Lipinski definition) is 0. The van der Waals surface area contributed by atoms with E-state index in [9.17, 15) is 4.79 Å². The van der Waals surface area contributed by atoms with Gasteiger partial charge >= 0.3 is 6.09 Å². The van der Waals surface area contributed by atoms with Crippen LogP contribution in [0.2, 0.25) is 5.02 Å². The van der Waals surface area contributed by atoms with Crippen LogP contribution in [0, 0.1) is 0 Å². The highest BCUT2D eigenvalue weighted by molar-refractivity contribution is 6.30. The van der Waals surface area contributed by atoms with E-state index in [1.54, 1.807) is 4.90 Å². The summed E-state index contributed by atoms with van der Waals surface area (Å²) in [6.07, 6.45) is 5.70. The standard InChI is InChI=1S/C26H30ClN5O2/c1-26(2,3)34-25(33)31-15-19-14-20(27)11-12-22(19)32-23(16-31)29-30-24(32)18-9-7-17(8-10-18)21-6-4-5-13-28-21/h4-6,11-14,17-18H,7-10,15-16H2,1-3H3. The molecule has 1 aromatic carbocycles. The molecule has 8 heteroatoms. The van der Waals surface area contributed by atoms with Crippen molar-refractivity contribution in [3.05, 3.63) is 70.5 Å². The lowest BCUT2D eigenvalue weighted by atomic mass is 9.80. The molecule has 7 nitrogen and oxygen atoms in total. The number of benzene rings is 1. The zero-order chi connectivity index (χ0) is 23.9. The highest BCUT2D eigenvalue weighted by atomic mass is 35.5. The van der Waals surface area contributed by atoms with Gasteiger partial charge in [0.05, 0.1) is 18.8 Å². The Morgan fingerprint density at radius 3 is 2.50 bits per heavy atom. The summed E-state index contributed by atoms with van der Waals surface area (Å²) in [5.41, 5.74) is 2.54. The summed E-state index contributed by atoms with van der Waals surface area (Å²) >= 11 is 6.35. The van der Waals surface area contributed by atoms with Crippen molar-refractivity contribution >= 4 is 17.7 Å². The molecule has 1 fully saturated rings. The van der Waals surface area contributed by atoms with Crippen LogP contribution in [0.25, 0.3) is 5.69 Å². The Labute approximate surface area is 205 Å². The zero-order valence-corrected chi connectivity index (χ0v) is 20.6. The van der Waals surface area contributed by atoms with Crippen LogP contribution in [0.1, 0.15) is 81.2 Å². The molecular formula is C26H30ClN5O2. The first-order valence-corrected chi connectivity index (χ1v) is 12.3. The zero-order valence-electron chi connectivity index (χ0n) is 19.9. The van der Waals surface area contributed by atoms with Crippen LogP contribution in [0.5, 0.6) is 0 Å². The van der Waals surface area contributed by atoms with Gasteiger partial charge in [-0.05, 0) is 82.3 Å². The van der Waals surface area contributed by atoms with Gasteiger partial charge < -0.3 is 4.74 Å². The first-order valence-electron chi connectivity index (χ1n) is 11.9. The average molecular weight is 480 g/mol. The summed E-state index contributed by atoms with van der Waals surface area (Å²) in [6.45, 7) is 6.35. The molecule has 178 valence electrons. The minimum atomic E-state index is -0.578. The lowest BCUT2D eigenvalue weighted by Crippen LogP contribution is -2.35. The predicted octanol–water partition coefficient (Wildman–Crippen LogP) is 6.01. The molecule has 0 saturated heterocycles. The van der Waals surface area contributed by atoms with Gasteiger partial charge in [-0.2, -0.15) is 0 Å². The van der Waals surface area contributed by atoms with Crippen molar-refractivity contribution in [2.45, 2.75) is 77.0 Å². The van der Waals surface area contributed by atoms with E-state index < -0.39 is 5.60 Å². The van der Waals surface area contributed by atoms with Crippen LogP contribution >= 0.6 is 11.6 Å². The molecule has 2 aliphatic rings. The fourth-order valence-electron chi connectivity index (χ4n) is 5.01. The van der Waals surface area contributed by atoms with E-state index in [2.05, 4.69) is 31.9 Å². The number of nitrogens with zero attached hydrogens (tertiary/aromatic N) is 5. The second-order valence-electron chi connectivity index (χ2n) is 10.2. The Kier molecular flexibility index (Phi) is 6.06. The summed E-state index contributed by atoms with van der Waals surface area (Å²) < 4.78 is 7.80. The second-order valence-corrected chi connectivity index (χ2v) is 10.7. The topological polar surface area (TPSA) is 73.1 Å². The summed E-state index contributed by atoms with van der Waals surface area (Å²) in [5.74, 6) is 2.49. The molecule has 3 heterocycles. The Balaban J connectivity index is 1.45. The lowest BCUT2D eigenvalue weighted by molar-refractivity contribution is 0.0214. The number of amides is 1. The summed E-state index contributed by atoms with van der Waals surface area (Å²) in [4.78, 5) is 19.2. The van der Waals surface area contributed by atoms with Gasteiger partial charge in [0, 0.05) is 28.7 Å². The average Bonchev–Trinajstić information content (AvgIpc) is 3.14. The van der Waals surface area contributed by atoms with Gasteiger partial charge in [-0.25, -0.2) is 4.79 Å². The minimum absolute atomic E-state index is 0.304. The van der Waals surface area contributed by atoms with Crippen LogP contribution in [-0.4, -0.2) is 36.3 Å². The third-order valence-corrected chi connectivity index (χ3v) is 6.82. The molecule has 0 spiro atoms. The van der Waals surface area contributed by atoms with E-state index >= 15 is 0 Å². The van der Waals surface area contributed by atoms with Crippen molar-refractivity contribution in [1.82, 2.24) is 24.6 Å². The van der Waals surface area contributed by atoms with Crippen molar-refractivity contribution < 1.29 is 9.53 Å². The van der Waals surface area contributed by atoms with E-state index in [0.29, 0.717) is 29.9 Å². The minimum Gasteiger partial charge on any atom is -0.444 e. The molecule has 0 unspecified atom stereocenters. The number of rotatable bonds is 2. The molecule has 1 saturated carbocycles. The van der Waals surface area contributed by atoms with Crippen LogP contribution in [-0.2, 0) is 17.8 Å². The van der Waals surface area contributed by atoms with E-state index in [-0.39, 0.29) is 6.09 Å². The largest absolute Gasteiger partial charge is 0.444 e. The second kappa shape index (κ2) is 9.02. The molecule has 1 amide bonds. The molecule has 5 rings (SSSR count). The number of ether oxygens (including phenoxy) is 1. The highest BCUT2D eigenvalue weighted by Gasteiger charge is 2.33. The molecule has 0 atom stereocenters. The Morgan fingerprint density at radius 1 is 1.03 bits per heavy atom. The molecule has 0 bridgehead atoms. The SMILES string of the molecule is CC(C)(C)OC(=O)N1Cc2cc(Cl)ccc2-n2c(nnc2C2CCC(c3ccccn3)CC2)C1. The fourth-order valence-corrected chi connectivity index (χ4v) is 5.21. The Hall–Kier alpha value is -2.93. The maximum atomic E-state index is 13.0. The molecule has 0 N–H and O–H groups in total. The normalized spacial score (nSPS) is 20.3. The van der Waals surface area contributed by atoms with Gasteiger partial charge in [0.15, 0.2) is 5.82 Å². The molecule has 0 radical (unpaired) electrons. The number of pyridine rings is 1. The van der Waals surface area contributed by atoms with Crippen molar-refractivity contribution in [2.75, 3.05) is 0 Å². The van der Waals surface area contributed by atoms with E-state index in [0.717, 1.165) is 48.6 Å². The van der Waals surface area contributed by atoms with Crippen molar-refractivity contribution in [1.29, 1.82) is 0 Å².